The van der Waals surface area contributed by atoms with E-state index in [0.717, 1.165) is 60.6 Å². The van der Waals surface area contributed by atoms with Gasteiger partial charge in [-0.15, -0.1) is 11.8 Å². The lowest BCUT2D eigenvalue weighted by Gasteiger charge is -2.37. The van der Waals surface area contributed by atoms with Crippen LogP contribution in [0.5, 0.6) is 11.5 Å². The maximum atomic E-state index is 10.7. The van der Waals surface area contributed by atoms with Crippen molar-refractivity contribution in [2.45, 2.75) is 51.0 Å². The highest BCUT2D eigenvalue weighted by Gasteiger charge is 2.35. The van der Waals surface area contributed by atoms with Crippen molar-refractivity contribution < 1.29 is 24.1 Å². The average molecular weight is 490 g/mol. The van der Waals surface area contributed by atoms with Gasteiger partial charge < -0.3 is 29.0 Å². The van der Waals surface area contributed by atoms with E-state index in [1.165, 1.54) is 24.2 Å². The van der Waals surface area contributed by atoms with Gasteiger partial charge in [0.05, 0.1) is 26.5 Å². The number of carbonyl (C=O) groups excluding carboxylic acids is 1. The monoisotopic (exact) mass is 489 g/mol. The second-order valence-corrected chi connectivity index (χ2v) is 9.36. The summed E-state index contributed by atoms with van der Waals surface area (Å²) < 4.78 is 16.6. The Morgan fingerprint density at radius 1 is 1.12 bits per heavy atom. The summed E-state index contributed by atoms with van der Waals surface area (Å²) in [6.45, 7) is 5.98. The molecule has 1 N–H and O–H groups in total. The quantitative estimate of drug-likeness (QED) is 0.313. The van der Waals surface area contributed by atoms with Crippen LogP contribution in [0.1, 0.15) is 45.1 Å². The summed E-state index contributed by atoms with van der Waals surface area (Å²) >= 11 is 1.92. The van der Waals surface area contributed by atoms with Gasteiger partial charge in [0.15, 0.2) is 0 Å². The molecule has 1 unspecified atom stereocenters. The molecule has 0 aromatic heterocycles. The van der Waals surface area contributed by atoms with Gasteiger partial charge in [0.1, 0.15) is 24.4 Å². The van der Waals surface area contributed by atoms with Gasteiger partial charge in [0, 0.05) is 41.6 Å². The predicted octanol–water partition coefficient (Wildman–Crippen LogP) is 5.86. The number of hydrogen-bond acceptors (Lipinski definition) is 7. The maximum Gasteiger partial charge on any atom is 0.145 e. The number of benzene rings is 2. The summed E-state index contributed by atoms with van der Waals surface area (Å²) in [5.74, 6) is 2.71. The fourth-order valence-electron chi connectivity index (χ4n) is 4.22. The summed E-state index contributed by atoms with van der Waals surface area (Å²) in [7, 11) is 4.38. The first-order chi connectivity index (χ1) is 16.6. The minimum Gasteiger partial charge on any atom is -0.497 e. The molecular weight excluding hydrogens is 450 g/mol. The first-order valence-corrected chi connectivity index (χ1v) is 12.8. The van der Waals surface area contributed by atoms with Gasteiger partial charge >= 0.3 is 0 Å². The number of rotatable bonds is 11. The van der Waals surface area contributed by atoms with Crippen LogP contribution in [0.3, 0.4) is 0 Å². The van der Waals surface area contributed by atoms with E-state index in [9.17, 15) is 4.79 Å². The van der Waals surface area contributed by atoms with Crippen molar-refractivity contribution in [1.82, 2.24) is 0 Å². The second kappa shape index (κ2) is 14.2. The molecule has 34 heavy (non-hydrogen) atoms. The largest absolute Gasteiger partial charge is 0.497 e. The molecule has 0 fully saturated rings. The Hall–Kier alpha value is -2.22. The molecule has 0 bridgehead atoms. The molecule has 3 rings (SSSR count). The molecule has 2 aromatic carbocycles. The van der Waals surface area contributed by atoms with E-state index < -0.39 is 0 Å². The van der Waals surface area contributed by atoms with E-state index in [2.05, 4.69) is 43.0 Å². The molecule has 1 atom stereocenters. The van der Waals surface area contributed by atoms with Gasteiger partial charge in [-0.25, -0.2) is 0 Å². The van der Waals surface area contributed by atoms with Gasteiger partial charge in [0.25, 0.3) is 0 Å². The number of thioether (sulfide) groups is 1. The van der Waals surface area contributed by atoms with Crippen LogP contribution in [-0.2, 0) is 16.1 Å². The number of nitrogens with zero attached hydrogens (tertiary/aromatic N) is 1. The Morgan fingerprint density at radius 3 is 2.44 bits per heavy atom. The van der Waals surface area contributed by atoms with Crippen molar-refractivity contribution in [3.8, 4) is 11.5 Å². The van der Waals surface area contributed by atoms with Crippen molar-refractivity contribution in [2.24, 2.45) is 5.41 Å². The van der Waals surface area contributed by atoms with Crippen molar-refractivity contribution >= 4 is 29.4 Å². The van der Waals surface area contributed by atoms with Crippen molar-refractivity contribution in [3.63, 3.8) is 0 Å². The van der Waals surface area contributed by atoms with Crippen LogP contribution in [0.25, 0.3) is 0 Å². The van der Waals surface area contributed by atoms with Crippen LogP contribution < -0.4 is 14.4 Å². The number of hydrogen-bond donors (Lipinski definition) is 1. The number of aldehydes is 1. The zero-order valence-electron chi connectivity index (χ0n) is 21.1. The number of fused-ring (bicyclic) bond motifs is 1. The first-order valence-electron chi connectivity index (χ1n) is 11.8. The Kier molecular flexibility index (Phi) is 11.7. The Balaban J connectivity index is 0.00000199. The molecular formula is C27H39NO5S. The molecule has 1 heterocycles. The number of aliphatic hydroxyl groups excluding tert-OH is 1. The maximum absolute atomic E-state index is 10.7. The Bertz CT molecular complexity index is 889. The first kappa shape index (κ1) is 28.0. The molecule has 0 saturated heterocycles. The van der Waals surface area contributed by atoms with Gasteiger partial charge in [-0.2, -0.15) is 0 Å². The number of aliphatic hydroxyl groups is 1. The number of unbranched alkanes of at least 4 members (excludes halogenated alkanes) is 1. The van der Waals surface area contributed by atoms with E-state index in [4.69, 9.17) is 19.3 Å². The predicted molar refractivity (Wildman–Crippen MR) is 140 cm³/mol. The summed E-state index contributed by atoms with van der Waals surface area (Å²) in [5.41, 5.74) is 3.49. The van der Waals surface area contributed by atoms with E-state index in [1.807, 2.05) is 23.9 Å². The molecule has 0 aliphatic carbocycles. The molecule has 0 saturated carbocycles. The zero-order chi connectivity index (χ0) is 25.0. The lowest BCUT2D eigenvalue weighted by atomic mass is 9.81. The van der Waals surface area contributed by atoms with E-state index in [1.54, 1.807) is 14.2 Å². The average Bonchev–Trinajstić information content (AvgIpc) is 3.05. The number of ether oxygens (including phenoxy) is 3. The van der Waals surface area contributed by atoms with Gasteiger partial charge in [-0.05, 0) is 48.6 Å². The minimum atomic E-state index is 0.0846. The Morgan fingerprint density at radius 2 is 1.85 bits per heavy atom. The third kappa shape index (κ3) is 6.90. The van der Waals surface area contributed by atoms with Crippen LogP contribution in [0, 0.1) is 5.41 Å². The molecule has 1 aliphatic rings. The van der Waals surface area contributed by atoms with Crippen LogP contribution >= 0.6 is 11.8 Å². The second-order valence-electron chi connectivity index (χ2n) is 8.34. The van der Waals surface area contributed by atoms with Crippen LogP contribution in [0.2, 0.25) is 0 Å². The molecule has 1 aliphatic heterocycles. The normalized spacial score (nSPS) is 17.2. The highest BCUT2D eigenvalue weighted by atomic mass is 32.2. The van der Waals surface area contributed by atoms with Gasteiger partial charge in [-0.3, -0.25) is 0 Å². The molecule has 7 heteroatoms. The van der Waals surface area contributed by atoms with E-state index in [0.29, 0.717) is 6.61 Å². The summed E-state index contributed by atoms with van der Waals surface area (Å²) in [5, 5.41) is 7.00. The van der Waals surface area contributed by atoms with Crippen LogP contribution in [-0.4, -0.2) is 51.6 Å². The highest BCUT2D eigenvalue weighted by Crippen LogP contribution is 2.48. The molecule has 6 nitrogen and oxygen atoms in total. The number of carbonyl (C=O) groups is 1. The highest BCUT2D eigenvalue weighted by molar-refractivity contribution is 7.99. The fraction of sp³-hybridized carbons (Fsp3) is 0.519. The SMILES string of the molecule is CCCCC1(CC)CSc2cc(COCC=O)c(OC)cc2N(c2ccc(OC)cc2)C1.CO. The number of methoxy groups -OCH3 is 2. The summed E-state index contributed by atoms with van der Waals surface area (Å²) in [4.78, 5) is 14.3. The molecule has 188 valence electrons. The molecule has 2 aromatic rings. The van der Waals surface area contributed by atoms with E-state index in [-0.39, 0.29) is 12.0 Å². The standard InChI is InChI=1S/C26H35NO4S.CH4O/c1-5-7-12-26(6-2)18-27(21-8-10-22(29-3)11-9-21)23-16-24(30-4)20(17-31-14-13-28)15-25(23)32-19-26;1-2/h8-11,13,15-16H,5-7,12,14,17-19H2,1-4H3;2H,1H3. The van der Waals surface area contributed by atoms with Crippen molar-refractivity contribution in [3.05, 3.63) is 42.0 Å². The summed E-state index contributed by atoms with van der Waals surface area (Å²) in [6.07, 6.45) is 5.55. The van der Waals surface area contributed by atoms with E-state index >= 15 is 0 Å². The van der Waals surface area contributed by atoms with Crippen LogP contribution in [0.15, 0.2) is 41.3 Å². The fourth-order valence-corrected chi connectivity index (χ4v) is 5.66. The van der Waals surface area contributed by atoms with Crippen molar-refractivity contribution in [1.29, 1.82) is 0 Å². The zero-order valence-corrected chi connectivity index (χ0v) is 22.0. The molecule has 0 spiro atoms. The number of anilines is 2. The lowest BCUT2D eigenvalue weighted by Crippen LogP contribution is -2.36. The topological polar surface area (TPSA) is 68.2 Å². The molecule has 0 amide bonds. The molecule has 0 radical (unpaired) electrons. The third-order valence-corrected chi connectivity index (χ3v) is 7.71. The van der Waals surface area contributed by atoms with Crippen molar-refractivity contribution in [2.75, 3.05) is 45.1 Å². The van der Waals surface area contributed by atoms with Gasteiger partial charge in [-0.1, -0.05) is 26.7 Å². The lowest BCUT2D eigenvalue weighted by molar-refractivity contribution is -0.112. The minimum absolute atomic E-state index is 0.0846. The Labute approximate surface area is 208 Å². The van der Waals surface area contributed by atoms with Gasteiger partial charge in [0.2, 0.25) is 0 Å². The summed E-state index contributed by atoms with van der Waals surface area (Å²) in [6, 6.07) is 12.6. The smallest absolute Gasteiger partial charge is 0.145 e. The third-order valence-electron chi connectivity index (χ3n) is 6.32. The van der Waals surface area contributed by atoms with Crippen LogP contribution in [0.4, 0.5) is 11.4 Å².